The zero-order valence-electron chi connectivity index (χ0n) is 13.8. The van der Waals surface area contributed by atoms with Crippen LogP contribution in [0.3, 0.4) is 0 Å². The highest BCUT2D eigenvalue weighted by molar-refractivity contribution is 5.92. The number of hydrogen-bond donors (Lipinski definition) is 0. The zero-order chi connectivity index (χ0) is 15.8. The van der Waals surface area contributed by atoms with Crippen molar-refractivity contribution in [2.24, 2.45) is 17.3 Å². The first-order chi connectivity index (χ1) is 9.69. The van der Waals surface area contributed by atoms with Gasteiger partial charge in [0.2, 0.25) is 0 Å². The minimum absolute atomic E-state index is 0.0773. The number of epoxide rings is 1. The first-order valence-electron chi connectivity index (χ1n) is 7.88. The molecule has 0 amide bonds. The van der Waals surface area contributed by atoms with E-state index in [1.54, 1.807) is 6.08 Å². The Hall–Kier alpha value is -1.15. The highest BCUT2D eigenvalue weighted by Crippen LogP contribution is 2.47. The normalized spacial score (nSPS) is 38.2. The van der Waals surface area contributed by atoms with E-state index in [9.17, 15) is 4.79 Å². The summed E-state index contributed by atoms with van der Waals surface area (Å²) in [5, 5.41) is 0. The van der Waals surface area contributed by atoms with Crippen LogP contribution in [0.4, 0.5) is 0 Å². The van der Waals surface area contributed by atoms with Gasteiger partial charge < -0.3 is 4.74 Å². The Morgan fingerprint density at radius 2 is 1.95 bits per heavy atom. The van der Waals surface area contributed by atoms with Crippen molar-refractivity contribution in [1.29, 1.82) is 0 Å². The van der Waals surface area contributed by atoms with Crippen molar-refractivity contribution in [3.63, 3.8) is 0 Å². The van der Waals surface area contributed by atoms with Gasteiger partial charge in [0, 0.05) is 5.92 Å². The molecular weight excluding hydrogens is 260 g/mol. The Morgan fingerprint density at radius 1 is 1.33 bits per heavy atom. The van der Waals surface area contributed by atoms with Crippen molar-refractivity contribution >= 4 is 5.78 Å². The van der Waals surface area contributed by atoms with Gasteiger partial charge in [-0.25, -0.2) is 0 Å². The van der Waals surface area contributed by atoms with Gasteiger partial charge >= 0.3 is 0 Å². The molecule has 0 bridgehead atoms. The molecular formula is C19H28O2. The molecule has 4 atom stereocenters. The molecule has 2 rings (SSSR count). The molecule has 1 aliphatic heterocycles. The van der Waals surface area contributed by atoms with Gasteiger partial charge in [0.15, 0.2) is 5.78 Å². The summed E-state index contributed by atoms with van der Waals surface area (Å²) in [4.78, 5) is 12.4. The minimum atomic E-state index is -0.0923. The monoisotopic (exact) mass is 288 g/mol. The maximum Gasteiger partial charge on any atom is 0.158 e. The first kappa shape index (κ1) is 16.2. The van der Waals surface area contributed by atoms with E-state index < -0.39 is 0 Å². The van der Waals surface area contributed by atoms with Crippen LogP contribution in [-0.4, -0.2) is 17.5 Å². The Bertz CT molecular complexity index is 486. The minimum Gasteiger partial charge on any atom is -0.362 e. The molecule has 0 aromatic rings. The SMILES string of the molecule is C=C[C@@]1(C)CC[C@H](C(=O)/C=C/C2OC2(C)C)C[C@@H]1C(=C)C. The van der Waals surface area contributed by atoms with Crippen LogP contribution in [0.25, 0.3) is 0 Å². The van der Waals surface area contributed by atoms with Crippen LogP contribution >= 0.6 is 0 Å². The number of ketones is 1. The summed E-state index contributed by atoms with van der Waals surface area (Å²) in [6.45, 7) is 16.5. The fraction of sp³-hybridized carbons (Fsp3) is 0.632. The van der Waals surface area contributed by atoms with Crippen molar-refractivity contribution in [3.8, 4) is 0 Å². The average Bonchev–Trinajstić information content (AvgIpc) is 3.03. The Kier molecular flexibility index (Phi) is 4.30. The summed E-state index contributed by atoms with van der Waals surface area (Å²) >= 11 is 0. The topological polar surface area (TPSA) is 29.6 Å². The van der Waals surface area contributed by atoms with Crippen molar-refractivity contribution in [2.75, 3.05) is 0 Å². The maximum absolute atomic E-state index is 12.4. The molecule has 0 aromatic carbocycles. The largest absolute Gasteiger partial charge is 0.362 e. The number of carbonyl (C=O) groups is 1. The predicted molar refractivity (Wildman–Crippen MR) is 87.0 cm³/mol. The third-order valence-electron chi connectivity index (χ3n) is 5.31. The van der Waals surface area contributed by atoms with Crippen molar-refractivity contribution in [2.45, 2.75) is 58.7 Å². The molecule has 0 radical (unpaired) electrons. The van der Waals surface area contributed by atoms with Gasteiger partial charge in [0.1, 0.15) is 6.10 Å². The van der Waals surface area contributed by atoms with Gasteiger partial charge in [-0.3, -0.25) is 4.79 Å². The molecule has 2 heteroatoms. The smallest absolute Gasteiger partial charge is 0.158 e. The summed E-state index contributed by atoms with van der Waals surface area (Å²) in [6, 6.07) is 0. The molecule has 1 heterocycles. The van der Waals surface area contributed by atoms with Gasteiger partial charge in [0.05, 0.1) is 5.60 Å². The molecule has 1 unspecified atom stereocenters. The predicted octanol–water partition coefficient (Wildman–Crippen LogP) is 4.47. The molecule has 0 aromatic heterocycles. The van der Waals surface area contributed by atoms with Gasteiger partial charge in [-0.15, -0.1) is 6.58 Å². The third-order valence-corrected chi connectivity index (χ3v) is 5.31. The fourth-order valence-corrected chi connectivity index (χ4v) is 3.48. The summed E-state index contributed by atoms with van der Waals surface area (Å²) < 4.78 is 5.49. The van der Waals surface area contributed by atoms with Crippen LogP contribution in [0.5, 0.6) is 0 Å². The number of allylic oxidation sites excluding steroid dienone is 3. The standard InChI is InChI=1S/C19H28O2/c1-7-19(6)11-10-14(12-15(19)13(2)3)16(20)8-9-17-18(4,5)21-17/h7-9,14-15,17H,1-2,10-12H2,3-6H3/b9-8+/t14-,15+,17?,19-/m0/s1. The molecule has 1 aliphatic carbocycles. The van der Waals surface area contributed by atoms with Gasteiger partial charge in [-0.1, -0.05) is 25.2 Å². The third kappa shape index (κ3) is 3.37. The van der Waals surface area contributed by atoms with E-state index in [2.05, 4.69) is 27.0 Å². The van der Waals surface area contributed by atoms with Crippen molar-refractivity contribution < 1.29 is 9.53 Å². The van der Waals surface area contributed by atoms with E-state index >= 15 is 0 Å². The van der Waals surface area contributed by atoms with E-state index in [0.29, 0.717) is 5.92 Å². The Labute approximate surface area is 129 Å². The van der Waals surface area contributed by atoms with E-state index in [1.165, 1.54) is 0 Å². The molecule has 1 saturated carbocycles. The van der Waals surface area contributed by atoms with Gasteiger partial charge in [0.25, 0.3) is 0 Å². The lowest BCUT2D eigenvalue weighted by atomic mass is 9.61. The van der Waals surface area contributed by atoms with Crippen LogP contribution in [0.15, 0.2) is 37.0 Å². The second kappa shape index (κ2) is 5.57. The van der Waals surface area contributed by atoms with E-state index in [1.807, 2.05) is 26.0 Å². The summed E-state index contributed by atoms with van der Waals surface area (Å²) in [5.74, 6) is 0.691. The first-order valence-corrected chi connectivity index (χ1v) is 7.88. The van der Waals surface area contributed by atoms with Crippen LogP contribution in [-0.2, 0) is 9.53 Å². The van der Waals surface area contributed by atoms with Crippen molar-refractivity contribution in [1.82, 2.24) is 0 Å². The van der Waals surface area contributed by atoms with Crippen LogP contribution in [0, 0.1) is 17.3 Å². The molecule has 0 N–H and O–H groups in total. The summed E-state index contributed by atoms with van der Waals surface area (Å²) in [5.41, 5.74) is 1.14. The summed E-state index contributed by atoms with van der Waals surface area (Å²) in [6.07, 6.45) is 8.61. The number of hydrogen-bond acceptors (Lipinski definition) is 2. The molecule has 2 aliphatic rings. The van der Waals surface area contributed by atoms with Crippen LogP contribution in [0.2, 0.25) is 0 Å². The Morgan fingerprint density at radius 3 is 2.43 bits per heavy atom. The summed E-state index contributed by atoms with van der Waals surface area (Å²) in [7, 11) is 0. The van der Waals surface area contributed by atoms with Crippen LogP contribution in [0.1, 0.15) is 47.0 Å². The molecule has 116 valence electrons. The van der Waals surface area contributed by atoms with Gasteiger partial charge in [-0.05, 0) is 63.5 Å². The molecule has 21 heavy (non-hydrogen) atoms. The lowest BCUT2D eigenvalue weighted by Gasteiger charge is -2.42. The lowest BCUT2D eigenvalue weighted by molar-refractivity contribution is -0.120. The number of carbonyl (C=O) groups excluding carboxylic acids is 1. The molecule has 1 saturated heterocycles. The molecule has 2 fully saturated rings. The van der Waals surface area contributed by atoms with Crippen LogP contribution < -0.4 is 0 Å². The Balaban J connectivity index is 2.01. The highest BCUT2D eigenvalue weighted by atomic mass is 16.6. The van der Waals surface area contributed by atoms with E-state index in [0.717, 1.165) is 24.8 Å². The molecule has 0 spiro atoms. The van der Waals surface area contributed by atoms with Gasteiger partial charge in [-0.2, -0.15) is 0 Å². The second-order valence-electron chi connectivity index (χ2n) is 7.48. The highest BCUT2D eigenvalue weighted by Gasteiger charge is 2.46. The molecule has 2 nitrogen and oxygen atoms in total. The van der Waals surface area contributed by atoms with E-state index in [4.69, 9.17) is 4.74 Å². The quantitative estimate of drug-likeness (QED) is 0.424. The van der Waals surface area contributed by atoms with Crippen molar-refractivity contribution in [3.05, 3.63) is 37.0 Å². The average molecular weight is 288 g/mol. The number of ether oxygens (including phenoxy) is 1. The fourth-order valence-electron chi connectivity index (χ4n) is 3.48. The lowest BCUT2D eigenvalue weighted by Crippen LogP contribution is -2.35. The van der Waals surface area contributed by atoms with E-state index in [-0.39, 0.29) is 28.8 Å². The number of rotatable bonds is 5. The maximum atomic E-state index is 12.4. The zero-order valence-corrected chi connectivity index (χ0v) is 13.8. The second-order valence-corrected chi connectivity index (χ2v) is 7.48.